The van der Waals surface area contributed by atoms with Gasteiger partial charge in [-0.1, -0.05) is 48.6 Å². The molecule has 0 heterocycles. The Kier molecular flexibility index (Phi) is 4.69. The summed E-state index contributed by atoms with van der Waals surface area (Å²) in [4.78, 5) is 0. The van der Waals surface area contributed by atoms with Crippen LogP contribution in [0.4, 0.5) is 0 Å². The van der Waals surface area contributed by atoms with Crippen LogP contribution < -0.4 is 0 Å². The van der Waals surface area contributed by atoms with Crippen molar-refractivity contribution in [1.29, 1.82) is 0 Å². The van der Waals surface area contributed by atoms with Gasteiger partial charge in [-0.05, 0) is 11.1 Å². The summed E-state index contributed by atoms with van der Waals surface area (Å²) in [6.07, 6.45) is 5.45. The van der Waals surface area contributed by atoms with Crippen molar-refractivity contribution >= 4 is 6.08 Å². The lowest BCUT2D eigenvalue weighted by molar-refractivity contribution is 0.276. The third-order valence-corrected chi connectivity index (χ3v) is 1.83. The summed E-state index contributed by atoms with van der Waals surface area (Å²) in [7, 11) is 0. The highest BCUT2D eigenvalue weighted by Crippen LogP contribution is 2.01. The summed E-state index contributed by atoms with van der Waals surface area (Å²) >= 11 is 0. The summed E-state index contributed by atoms with van der Waals surface area (Å²) < 4.78 is 0. The zero-order chi connectivity index (χ0) is 10.2. The topological polar surface area (TPSA) is 40.5 Å². The second-order valence-electron chi connectivity index (χ2n) is 2.91. The average Bonchev–Trinajstić information content (AvgIpc) is 2.26. The minimum Gasteiger partial charge on any atom is -0.392 e. The number of rotatable bonds is 4. The molecule has 2 N–H and O–H groups in total. The highest BCUT2D eigenvalue weighted by molar-refractivity contribution is 5.50. The highest BCUT2D eigenvalue weighted by atomic mass is 16.3. The van der Waals surface area contributed by atoms with E-state index in [0.717, 1.165) is 5.56 Å². The predicted octanol–water partition coefficient (Wildman–Crippen LogP) is 1.61. The largest absolute Gasteiger partial charge is 0.392 e. The van der Waals surface area contributed by atoms with E-state index in [4.69, 9.17) is 10.2 Å². The van der Waals surface area contributed by atoms with E-state index in [1.807, 2.05) is 42.5 Å². The van der Waals surface area contributed by atoms with Crippen LogP contribution >= 0.6 is 0 Å². The number of aliphatic hydroxyl groups is 2. The Hall–Kier alpha value is -1.38. The second-order valence-corrected chi connectivity index (χ2v) is 2.91. The van der Waals surface area contributed by atoms with Gasteiger partial charge in [0, 0.05) is 0 Å². The standard InChI is InChI=1S/C12H14O2/c13-9-12(10-14)8-4-7-11-5-2-1-3-6-11/h1-8,13-14H,9-10H2. The van der Waals surface area contributed by atoms with E-state index < -0.39 is 0 Å². The molecule has 0 amide bonds. The molecular formula is C12H14O2. The maximum atomic E-state index is 8.76. The molecule has 14 heavy (non-hydrogen) atoms. The van der Waals surface area contributed by atoms with Crippen LogP contribution in [-0.4, -0.2) is 23.4 Å². The van der Waals surface area contributed by atoms with Gasteiger partial charge < -0.3 is 10.2 Å². The molecule has 0 spiro atoms. The lowest BCUT2D eigenvalue weighted by Crippen LogP contribution is -1.94. The SMILES string of the molecule is OCC(=CC=Cc1ccccc1)CO. The molecule has 0 aliphatic rings. The molecule has 2 heteroatoms. The van der Waals surface area contributed by atoms with Crippen LogP contribution in [0.5, 0.6) is 0 Å². The molecule has 0 saturated carbocycles. The van der Waals surface area contributed by atoms with Gasteiger partial charge in [0.1, 0.15) is 0 Å². The summed E-state index contributed by atoms with van der Waals surface area (Å²) in [6.45, 7) is -0.203. The number of benzene rings is 1. The molecule has 1 aromatic carbocycles. The molecule has 0 aliphatic carbocycles. The minimum atomic E-state index is -0.102. The maximum absolute atomic E-state index is 8.76. The van der Waals surface area contributed by atoms with Crippen molar-refractivity contribution in [3.8, 4) is 0 Å². The van der Waals surface area contributed by atoms with Gasteiger partial charge in [0.25, 0.3) is 0 Å². The monoisotopic (exact) mass is 190 g/mol. The molecule has 0 bridgehead atoms. The van der Waals surface area contributed by atoms with E-state index in [-0.39, 0.29) is 13.2 Å². The van der Waals surface area contributed by atoms with Crippen molar-refractivity contribution in [2.75, 3.05) is 13.2 Å². The lowest BCUT2D eigenvalue weighted by atomic mass is 10.2. The van der Waals surface area contributed by atoms with Crippen LogP contribution in [0.2, 0.25) is 0 Å². The number of hydrogen-bond donors (Lipinski definition) is 2. The van der Waals surface area contributed by atoms with Gasteiger partial charge in [-0.15, -0.1) is 0 Å². The van der Waals surface area contributed by atoms with Gasteiger partial charge in [-0.3, -0.25) is 0 Å². The smallest absolute Gasteiger partial charge is 0.0666 e. The van der Waals surface area contributed by atoms with Gasteiger partial charge in [-0.2, -0.15) is 0 Å². The van der Waals surface area contributed by atoms with Crippen LogP contribution in [0.15, 0.2) is 48.1 Å². The highest BCUT2D eigenvalue weighted by Gasteiger charge is 1.88. The normalized spacial score (nSPS) is 10.4. The fraction of sp³-hybridized carbons (Fsp3) is 0.167. The Morgan fingerprint density at radius 3 is 2.29 bits per heavy atom. The second kappa shape index (κ2) is 6.13. The Balaban J connectivity index is 2.61. The fourth-order valence-corrected chi connectivity index (χ4v) is 1.01. The maximum Gasteiger partial charge on any atom is 0.0666 e. The molecule has 0 atom stereocenters. The zero-order valence-electron chi connectivity index (χ0n) is 7.93. The summed E-state index contributed by atoms with van der Waals surface area (Å²) in [5.74, 6) is 0. The molecule has 0 aromatic heterocycles. The van der Waals surface area contributed by atoms with Gasteiger partial charge in [-0.25, -0.2) is 0 Å². The Bertz CT molecular complexity index is 306. The third-order valence-electron chi connectivity index (χ3n) is 1.83. The van der Waals surface area contributed by atoms with Crippen molar-refractivity contribution in [2.45, 2.75) is 0 Å². The minimum absolute atomic E-state index is 0.102. The lowest BCUT2D eigenvalue weighted by Gasteiger charge is -1.94. The van der Waals surface area contributed by atoms with E-state index >= 15 is 0 Å². The van der Waals surface area contributed by atoms with Crippen molar-refractivity contribution in [3.05, 3.63) is 53.6 Å². The van der Waals surface area contributed by atoms with E-state index in [0.29, 0.717) is 5.57 Å². The Morgan fingerprint density at radius 1 is 1.07 bits per heavy atom. The number of hydrogen-bond acceptors (Lipinski definition) is 2. The molecule has 74 valence electrons. The third kappa shape index (κ3) is 3.56. The van der Waals surface area contributed by atoms with Gasteiger partial charge in [0.15, 0.2) is 0 Å². The van der Waals surface area contributed by atoms with Crippen LogP contribution in [0.25, 0.3) is 6.08 Å². The molecule has 0 radical (unpaired) electrons. The summed E-state index contributed by atoms with van der Waals surface area (Å²) in [5, 5.41) is 17.5. The molecule has 0 saturated heterocycles. The van der Waals surface area contributed by atoms with Gasteiger partial charge in [0.2, 0.25) is 0 Å². The Morgan fingerprint density at radius 2 is 1.71 bits per heavy atom. The first kappa shape index (κ1) is 10.7. The number of allylic oxidation sites excluding steroid dienone is 2. The zero-order valence-corrected chi connectivity index (χ0v) is 7.93. The molecule has 2 nitrogen and oxygen atoms in total. The van der Waals surface area contributed by atoms with E-state index in [9.17, 15) is 0 Å². The Labute approximate surface area is 83.8 Å². The van der Waals surface area contributed by atoms with Crippen molar-refractivity contribution in [2.24, 2.45) is 0 Å². The predicted molar refractivity (Wildman–Crippen MR) is 57.7 cm³/mol. The number of aliphatic hydroxyl groups excluding tert-OH is 2. The van der Waals surface area contributed by atoms with Crippen LogP contribution in [-0.2, 0) is 0 Å². The van der Waals surface area contributed by atoms with Gasteiger partial charge in [0.05, 0.1) is 13.2 Å². The molecular weight excluding hydrogens is 176 g/mol. The van der Waals surface area contributed by atoms with Crippen LogP contribution in [0.1, 0.15) is 5.56 Å². The average molecular weight is 190 g/mol. The van der Waals surface area contributed by atoms with E-state index in [1.54, 1.807) is 6.08 Å². The van der Waals surface area contributed by atoms with Gasteiger partial charge >= 0.3 is 0 Å². The quantitative estimate of drug-likeness (QED) is 0.708. The molecule has 1 rings (SSSR count). The first-order valence-corrected chi connectivity index (χ1v) is 4.49. The fourth-order valence-electron chi connectivity index (χ4n) is 1.01. The van der Waals surface area contributed by atoms with Crippen molar-refractivity contribution in [3.63, 3.8) is 0 Å². The van der Waals surface area contributed by atoms with Crippen molar-refractivity contribution in [1.82, 2.24) is 0 Å². The summed E-state index contributed by atoms with van der Waals surface area (Å²) in [6, 6.07) is 9.86. The van der Waals surface area contributed by atoms with Crippen molar-refractivity contribution < 1.29 is 10.2 Å². The molecule has 0 unspecified atom stereocenters. The molecule has 0 fully saturated rings. The van der Waals surface area contributed by atoms with Crippen LogP contribution in [0.3, 0.4) is 0 Å². The summed E-state index contributed by atoms with van der Waals surface area (Å²) in [5.41, 5.74) is 1.70. The van der Waals surface area contributed by atoms with Crippen LogP contribution in [0, 0.1) is 0 Å². The van der Waals surface area contributed by atoms with E-state index in [2.05, 4.69) is 0 Å². The first-order chi connectivity index (χ1) is 6.86. The molecule has 0 aliphatic heterocycles. The molecule has 1 aromatic rings. The first-order valence-electron chi connectivity index (χ1n) is 4.49. The van der Waals surface area contributed by atoms with E-state index in [1.165, 1.54) is 0 Å².